The summed E-state index contributed by atoms with van der Waals surface area (Å²) in [4.78, 5) is 0. The van der Waals surface area contributed by atoms with Gasteiger partial charge in [0.1, 0.15) is 5.82 Å². The topological polar surface area (TPSA) is 30.5 Å². The summed E-state index contributed by atoms with van der Waals surface area (Å²) in [7, 11) is 0. The van der Waals surface area contributed by atoms with Crippen LogP contribution < -0.4 is 5.32 Å². The Morgan fingerprint density at radius 3 is 3.11 bits per heavy atom. The fourth-order valence-electron chi connectivity index (χ4n) is 2.22. The Balaban J connectivity index is 1.94. The Morgan fingerprint density at radius 1 is 1.53 bits per heavy atom. The monoisotopic (exact) mass is 267 g/mol. The zero-order chi connectivity index (χ0) is 13.5. The molecule has 2 atom stereocenters. The zero-order valence-electron chi connectivity index (χ0n) is 11.4. The fraction of sp³-hybridized carbons (Fsp3) is 0.600. The van der Waals surface area contributed by atoms with E-state index < -0.39 is 0 Å². The molecule has 0 aromatic heterocycles. The zero-order valence-corrected chi connectivity index (χ0v) is 11.4. The van der Waals surface area contributed by atoms with Gasteiger partial charge in [0.15, 0.2) is 0 Å². The van der Waals surface area contributed by atoms with E-state index in [4.69, 9.17) is 9.47 Å². The van der Waals surface area contributed by atoms with Crippen LogP contribution in [0.5, 0.6) is 0 Å². The van der Waals surface area contributed by atoms with Gasteiger partial charge in [0.2, 0.25) is 0 Å². The minimum absolute atomic E-state index is 0.101. The van der Waals surface area contributed by atoms with Crippen molar-refractivity contribution in [1.29, 1.82) is 0 Å². The maximum absolute atomic E-state index is 13.3. The number of hydrogen-bond acceptors (Lipinski definition) is 3. The van der Waals surface area contributed by atoms with Crippen molar-refractivity contribution in [1.82, 2.24) is 5.32 Å². The molecule has 19 heavy (non-hydrogen) atoms. The van der Waals surface area contributed by atoms with Gasteiger partial charge in [-0.25, -0.2) is 4.39 Å². The van der Waals surface area contributed by atoms with Crippen LogP contribution in [0.3, 0.4) is 0 Å². The van der Waals surface area contributed by atoms with Crippen LogP contribution in [-0.4, -0.2) is 32.9 Å². The van der Waals surface area contributed by atoms with Crippen LogP contribution >= 0.6 is 0 Å². The summed E-state index contributed by atoms with van der Waals surface area (Å²) in [6, 6.07) is 6.65. The summed E-state index contributed by atoms with van der Waals surface area (Å²) >= 11 is 0. The lowest BCUT2D eigenvalue weighted by Crippen LogP contribution is -2.25. The molecule has 1 fully saturated rings. The maximum Gasteiger partial charge on any atom is 0.123 e. The van der Waals surface area contributed by atoms with Gasteiger partial charge in [-0.3, -0.25) is 0 Å². The third-order valence-electron chi connectivity index (χ3n) is 3.36. The molecule has 2 unspecified atom stereocenters. The smallest absolute Gasteiger partial charge is 0.123 e. The Kier molecular flexibility index (Phi) is 5.76. The van der Waals surface area contributed by atoms with Crippen LogP contribution in [0.1, 0.15) is 25.0 Å². The Morgan fingerprint density at radius 2 is 2.42 bits per heavy atom. The molecule has 1 saturated heterocycles. The van der Waals surface area contributed by atoms with E-state index in [1.165, 1.54) is 6.07 Å². The van der Waals surface area contributed by atoms with E-state index >= 15 is 0 Å². The number of likely N-dealkylation sites (N-methyl/N-ethyl adjacent to an activating group) is 1. The molecule has 0 bridgehead atoms. The highest BCUT2D eigenvalue weighted by Crippen LogP contribution is 2.21. The Labute approximate surface area is 114 Å². The third kappa shape index (κ3) is 4.56. The Hall–Kier alpha value is -0.970. The lowest BCUT2D eigenvalue weighted by atomic mass is 10.1. The molecule has 1 aromatic carbocycles. The van der Waals surface area contributed by atoms with Gasteiger partial charge in [-0.15, -0.1) is 0 Å². The summed E-state index contributed by atoms with van der Waals surface area (Å²) in [5.74, 6) is 0.254. The third-order valence-corrected chi connectivity index (χ3v) is 3.36. The summed E-state index contributed by atoms with van der Waals surface area (Å²) in [5, 5.41) is 3.26. The second-order valence-corrected chi connectivity index (χ2v) is 4.91. The van der Waals surface area contributed by atoms with Gasteiger partial charge in [-0.05, 0) is 30.7 Å². The van der Waals surface area contributed by atoms with Crippen molar-refractivity contribution < 1.29 is 13.9 Å². The number of ether oxygens (including phenoxy) is 2. The van der Waals surface area contributed by atoms with E-state index in [0.29, 0.717) is 19.1 Å². The normalized spacial score (nSPS) is 20.6. The van der Waals surface area contributed by atoms with Crippen molar-refractivity contribution >= 4 is 0 Å². The second kappa shape index (κ2) is 7.58. The minimum Gasteiger partial charge on any atom is -0.381 e. The summed E-state index contributed by atoms with van der Waals surface area (Å²) in [5.41, 5.74) is 0.889. The van der Waals surface area contributed by atoms with Crippen molar-refractivity contribution in [2.75, 3.05) is 32.9 Å². The first-order valence-electron chi connectivity index (χ1n) is 6.95. The van der Waals surface area contributed by atoms with Crippen molar-refractivity contribution in [2.45, 2.75) is 19.4 Å². The van der Waals surface area contributed by atoms with Gasteiger partial charge < -0.3 is 14.8 Å². The summed E-state index contributed by atoms with van der Waals surface area (Å²) in [6.07, 6.45) is 0.952. The van der Waals surface area contributed by atoms with E-state index in [1.807, 2.05) is 13.0 Å². The van der Waals surface area contributed by atoms with Gasteiger partial charge in [-0.1, -0.05) is 19.1 Å². The number of rotatable bonds is 7. The predicted molar refractivity (Wildman–Crippen MR) is 72.6 cm³/mol. The van der Waals surface area contributed by atoms with Crippen LogP contribution in [0.2, 0.25) is 0 Å². The standard InChI is InChI=1S/C15H22FNO2/c1-2-17-9-15(13-4-3-5-14(16)8-13)19-11-12-6-7-18-10-12/h3-5,8,12,15,17H,2,6-7,9-11H2,1H3. The molecule has 1 N–H and O–H groups in total. The number of halogens is 1. The first-order valence-corrected chi connectivity index (χ1v) is 6.95. The highest BCUT2D eigenvalue weighted by Gasteiger charge is 2.19. The van der Waals surface area contributed by atoms with Gasteiger partial charge in [0, 0.05) is 19.1 Å². The molecule has 0 spiro atoms. The van der Waals surface area contributed by atoms with E-state index in [9.17, 15) is 4.39 Å². The minimum atomic E-state index is -0.216. The molecule has 106 valence electrons. The van der Waals surface area contributed by atoms with Crippen LogP contribution in [0.15, 0.2) is 24.3 Å². The van der Waals surface area contributed by atoms with Crippen LogP contribution in [0.4, 0.5) is 4.39 Å². The second-order valence-electron chi connectivity index (χ2n) is 4.91. The van der Waals surface area contributed by atoms with E-state index in [1.54, 1.807) is 12.1 Å². The SMILES string of the molecule is CCNCC(OCC1CCOC1)c1cccc(F)c1. The number of hydrogen-bond donors (Lipinski definition) is 1. The predicted octanol–water partition coefficient (Wildman–Crippen LogP) is 2.53. The summed E-state index contributed by atoms with van der Waals surface area (Å²) < 4.78 is 24.6. The molecule has 1 heterocycles. The van der Waals surface area contributed by atoms with Crippen LogP contribution in [0.25, 0.3) is 0 Å². The van der Waals surface area contributed by atoms with Gasteiger partial charge in [0.25, 0.3) is 0 Å². The molecule has 3 nitrogen and oxygen atoms in total. The van der Waals surface area contributed by atoms with E-state index in [-0.39, 0.29) is 11.9 Å². The molecular formula is C15H22FNO2. The molecule has 0 amide bonds. The van der Waals surface area contributed by atoms with Gasteiger partial charge in [0.05, 0.1) is 19.3 Å². The largest absolute Gasteiger partial charge is 0.381 e. The van der Waals surface area contributed by atoms with Crippen molar-refractivity contribution in [2.24, 2.45) is 5.92 Å². The lowest BCUT2D eigenvalue weighted by Gasteiger charge is -2.20. The molecule has 1 aromatic rings. The van der Waals surface area contributed by atoms with Crippen molar-refractivity contribution in [3.8, 4) is 0 Å². The average Bonchev–Trinajstić information content (AvgIpc) is 2.92. The van der Waals surface area contributed by atoms with Crippen LogP contribution in [0, 0.1) is 11.7 Å². The molecule has 4 heteroatoms. The fourth-order valence-corrected chi connectivity index (χ4v) is 2.22. The first kappa shape index (κ1) is 14.4. The molecule has 1 aliphatic heterocycles. The van der Waals surface area contributed by atoms with Gasteiger partial charge in [-0.2, -0.15) is 0 Å². The highest BCUT2D eigenvalue weighted by molar-refractivity contribution is 5.19. The number of nitrogens with one attached hydrogen (secondary N) is 1. The Bertz CT molecular complexity index is 380. The average molecular weight is 267 g/mol. The first-order chi connectivity index (χ1) is 9.29. The summed E-state index contributed by atoms with van der Waals surface area (Å²) in [6.45, 7) is 5.90. The molecular weight excluding hydrogens is 245 g/mol. The molecule has 0 saturated carbocycles. The van der Waals surface area contributed by atoms with Crippen molar-refractivity contribution in [3.63, 3.8) is 0 Å². The maximum atomic E-state index is 13.3. The lowest BCUT2D eigenvalue weighted by molar-refractivity contribution is 0.0255. The quantitative estimate of drug-likeness (QED) is 0.823. The number of benzene rings is 1. The van der Waals surface area contributed by atoms with Crippen LogP contribution in [-0.2, 0) is 9.47 Å². The van der Waals surface area contributed by atoms with E-state index in [0.717, 1.165) is 31.7 Å². The molecule has 0 aliphatic carbocycles. The van der Waals surface area contributed by atoms with E-state index in [2.05, 4.69) is 5.32 Å². The highest BCUT2D eigenvalue weighted by atomic mass is 19.1. The molecule has 0 radical (unpaired) electrons. The van der Waals surface area contributed by atoms with Gasteiger partial charge >= 0.3 is 0 Å². The van der Waals surface area contributed by atoms with Crippen molar-refractivity contribution in [3.05, 3.63) is 35.6 Å². The molecule has 2 rings (SSSR count). The molecule has 1 aliphatic rings.